The van der Waals surface area contributed by atoms with E-state index in [1.54, 1.807) is 37.1 Å². The third-order valence-corrected chi connectivity index (χ3v) is 7.22. The molecule has 1 saturated heterocycles. The van der Waals surface area contributed by atoms with Crippen LogP contribution in [0.2, 0.25) is 0 Å². The highest BCUT2D eigenvalue weighted by Crippen LogP contribution is 2.35. The van der Waals surface area contributed by atoms with Crippen molar-refractivity contribution in [2.24, 2.45) is 0 Å². The monoisotopic (exact) mass is 554 g/mol. The number of carbonyl (C=O) groups excluding carboxylic acids is 3. The lowest BCUT2D eigenvalue weighted by Gasteiger charge is -2.42. The maximum absolute atomic E-state index is 13.4. The third kappa shape index (κ3) is 6.04. The minimum atomic E-state index is -0.791. The van der Waals surface area contributed by atoms with Gasteiger partial charge in [0.05, 0.1) is 32.4 Å². The number of ether oxygens (including phenoxy) is 3. The Morgan fingerprint density at radius 2 is 1.70 bits per heavy atom. The van der Waals surface area contributed by atoms with E-state index in [9.17, 15) is 18.8 Å². The summed E-state index contributed by atoms with van der Waals surface area (Å²) in [6.07, 6.45) is 0. The van der Waals surface area contributed by atoms with Crippen LogP contribution >= 0.6 is 0 Å². The standard InChI is InChI=1S/C29H35FN4O6/c1-6-40-28(36)25-24(32(3)29(37)31-26(25)20-13-22(38-4)15-23(14-20)39-5)17-33-11-12-34(18(2)16-33)27(35)19-7-9-21(30)10-8-19/h7-10,13-15,18,26H,6,11-12,16-17H2,1-5H3,(H,31,37). The number of nitrogens with one attached hydrogen (secondary N) is 1. The van der Waals surface area contributed by atoms with Crippen LogP contribution in [-0.2, 0) is 9.53 Å². The second-order valence-electron chi connectivity index (χ2n) is 9.76. The number of esters is 1. The SMILES string of the molecule is CCOC(=O)C1=C(CN2CCN(C(=O)c3ccc(F)cc3)C(C)C2)N(C)C(=O)NC1c1cc(OC)cc(OC)c1. The fourth-order valence-corrected chi connectivity index (χ4v) is 5.09. The fraction of sp³-hybridized carbons (Fsp3) is 0.414. The zero-order valence-corrected chi connectivity index (χ0v) is 23.4. The molecule has 40 heavy (non-hydrogen) atoms. The van der Waals surface area contributed by atoms with E-state index >= 15 is 0 Å². The summed E-state index contributed by atoms with van der Waals surface area (Å²) < 4.78 is 29.6. The molecule has 2 heterocycles. The van der Waals surface area contributed by atoms with Crippen molar-refractivity contribution in [3.63, 3.8) is 0 Å². The van der Waals surface area contributed by atoms with Crippen molar-refractivity contribution < 1.29 is 33.0 Å². The molecule has 2 aromatic rings. The average Bonchev–Trinajstić information content (AvgIpc) is 2.95. The number of benzene rings is 2. The number of urea groups is 1. The zero-order valence-electron chi connectivity index (χ0n) is 23.4. The normalized spacial score (nSPS) is 19.8. The lowest BCUT2D eigenvalue weighted by molar-refractivity contribution is -0.139. The molecule has 214 valence electrons. The van der Waals surface area contributed by atoms with Gasteiger partial charge in [0.2, 0.25) is 0 Å². The number of nitrogens with zero attached hydrogens (tertiary/aromatic N) is 3. The van der Waals surface area contributed by atoms with Crippen LogP contribution in [0.3, 0.4) is 0 Å². The molecule has 0 aliphatic carbocycles. The highest BCUT2D eigenvalue weighted by Gasteiger charge is 2.39. The molecule has 1 fully saturated rings. The van der Waals surface area contributed by atoms with Gasteiger partial charge < -0.3 is 24.4 Å². The third-order valence-electron chi connectivity index (χ3n) is 7.22. The van der Waals surface area contributed by atoms with Crippen LogP contribution < -0.4 is 14.8 Å². The van der Waals surface area contributed by atoms with E-state index in [1.165, 1.54) is 43.4 Å². The molecule has 2 atom stereocenters. The van der Waals surface area contributed by atoms with Gasteiger partial charge in [0, 0.05) is 56.6 Å². The number of hydrogen-bond acceptors (Lipinski definition) is 7. The molecule has 2 aliphatic rings. The molecule has 2 aliphatic heterocycles. The molecule has 3 amide bonds. The summed E-state index contributed by atoms with van der Waals surface area (Å²) in [5, 5.41) is 2.91. The van der Waals surface area contributed by atoms with Crippen LogP contribution in [0.5, 0.6) is 11.5 Å². The molecule has 0 saturated carbocycles. The Balaban J connectivity index is 1.64. The Morgan fingerprint density at radius 3 is 2.27 bits per heavy atom. The smallest absolute Gasteiger partial charge is 0.338 e. The molecule has 2 aromatic carbocycles. The first-order valence-corrected chi connectivity index (χ1v) is 13.1. The highest BCUT2D eigenvalue weighted by molar-refractivity contribution is 5.95. The molecule has 0 spiro atoms. The molecule has 0 aromatic heterocycles. The van der Waals surface area contributed by atoms with E-state index < -0.39 is 17.8 Å². The highest BCUT2D eigenvalue weighted by atomic mass is 19.1. The van der Waals surface area contributed by atoms with Gasteiger partial charge in [0.1, 0.15) is 17.3 Å². The van der Waals surface area contributed by atoms with Crippen LogP contribution in [0.4, 0.5) is 9.18 Å². The molecular formula is C29H35FN4O6. The van der Waals surface area contributed by atoms with Gasteiger partial charge in [-0.2, -0.15) is 0 Å². The van der Waals surface area contributed by atoms with E-state index in [0.29, 0.717) is 60.1 Å². The summed E-state index contributed by atoms with van der Waals surface area (Å²) in [5.41, 5.74) is 1.87. The van der Waals surface area contributed by atoms with E-state index in [-0.39, 0.29) is 24.6 Å². The predicted octanol–water partition coefficient (Wildman–Crippen LogP) is 3.20. The number of hydrogen-bond donors (Lipinski definition) is 1. The van der Waals surface area contributed by atoms with E-state index in [2.05, 4.69) is 10.2 Å². The number of methoxy groups -OCH3 is 2. The van der Waals surface area contributed by atoms with Crippen LogP contribution in [0, 0.1) is 5.82 Å². The lowest BCUT2D eigenvalue weighted by Crippen LogP contribution is -2.56. The molecule has 11 heteroatoms. The van der Waals surface area contributed by atoms with Gasteiger partial charge in [-0.05, 0) is 55.8 Å². The first-order valence-electron chi connectivity index (χ1n) is 13.1. The van der Waals surface area contributed by atoms with Gasteiger partial charge in [0.25, 0.3) is 5.91 Å². The fourth-order valence-electron chi connectivity index (χ4n) is 5.09. The van der Waals surface area contributed by atoms with Crippen molar-refractivity contribution in [3.05, 3.63) is 70.7 Å². The molecule has 0 radical (unpaired) electrons. The van der Waals surface area contributed by atoms with Crippen molar-refractivity contribution >= 4 is 17.9 Å². The van der Waals surface area contributed by atoms with Crippen LogP contribution in [0.15, 0.2) is 53.7 Å². The van der Waals surface area contributed by atoms with Crippen molar-refractivity contribution in [2.75, 3.05) is 54.1 Å². The van der Waals surface area contributed by atoms with Crippen molar-refractivity contribution in [1.29, 1.82) is 0 Å². The van der Waals surface area contributed by atoms with Crippen LogP contribution in [0.1, 0.15) is 35.8 Å². The maximum Gasteiger partial charge on any atom is 0.338 e. The number of halogens is 1. The first kappa shape index (κ1) is 28.9. The van der Waals surface area contributed by atoms with Gasteiger partial charge in [0.15, 0.2) is 0 Å². The zero-order chi connectivity index (χ0) is 29.0. The summed E-state index contributed by atoms with van der Waals surface area (Å²) in [6, 6.07) is 9.41. The largest absolute Gasteiger partial charge is 0.497 e. The predicted molar refractivity (Wildman–Crippen MR) is 146 cm³/mol. The minimum absolute atomic E-state index is 0.154. The molecular weight excluding hydrogens is 519 g/mol. The minimum Gasteiger partial charge on any atom is -0.497 e. The Kier molecular flexibility index (Phi) is 8.93. The summed E-state index contributed by atoms with van der Waals surface area (Å²) >= 11 is 0. The van der Waals surface area contributed by atoms with E-state index in [1.807, 2.05) is 6.92 Å². The lowest BCUT2D eigenvalue weighted by atomic mass is 9.93. The van der Waals surface area contributed by atoms with Gasteiger partial charge >= 0.3 is 12.0 Å². The number of carbonyl (C=O) groups is 3. The Labute approximate surface area is 233 Å². The Morgan fingerprint density at radius 1 is 1.05 bits per heavy atom. The topological polar surface area (TPSA) is 101 Å². The van der Waals surface area contributed by atoms with Crippen molar-refractivity contribution in [3.8, 4) is 11.5 Å². The summed E-state index contributed by atoms with van der Waals surface area (Å²) in [7, 11) is 4.67. The molecule has 4 rings (SSSR count). The number of likely N-dealkylation sites (N-methyl/N-ethyl adjacent to an activating group) is 1. The second-order valence-corrected chi connectivity index (χ2v) is 9.76. The second kappa shape index (κ2) is 12.4. The molecule has 10 nitrogen and oxygen atoms in total. The van der Waals surface area contributed by atoms with Gasteiger partial charge in [-0.15, -0.1) is 0 Å². The van der Waals surface area contributed by atoms with E-state index in [4.69, 9.17) is 14.2 Å². The quantitative estimate of drug-likeness (QED) is 0.500. The Hall–Kier alpha value is -4.12. The van der Waals surface area contributed by atoms with Crippen LogP contribution in [0.25, 0.3) is 0 Å². The molecule has 1 N–H and O–H groups in total. The number of piperazine rings is 1. The summed E-state index contributed by atoms with van der Waals surface area (Å²) in [5.74, 6) is -0.0633. The summed E-state index contributed by atoms with van der Waals surface area (Å²) in [4.78, 5) is 44.8. The summed E-state index contributed by atoms with van der Waals surface area (Å²) in [6.45, 7) is 5.60. The van der Waals surface area contributed by atoms with Gasteiger partial charge in [-0.3, -0.25) is 14.6 Å². The maximum atomic E-state index is 13.4. The van der Waals surface area contributed by atoms with Crippen LogP contribution in [-0.4, -0.2) is 92.7 Å². The number of rotatable bonds is 8. The van der Waals surface area contributed by atoms with Crippen molar-refractivity contribution in [1.82, 2.24) is 20.0 Å². The molecule has 2 unspecified atom stereocenters. The number of amides is 3. The molecule has 0 bridgehead atoms. The van der Waals surface area contributed by atoms with Gasteiger partial charge in [-0.1, -0.05) is 0 Å². The van der Waals surface area contributed by atoms with Gasteiger partial charge in [-0.25, -0.2) is 14.0 Å². The average molecular weight is 555 g/mol. The van der Waals surface area contributed by atoms with E-state index in [0.717, 1.165) is 0 Å². The van der Waals surface area contributed by atoms with Crippen molar-refractivity contribution in [2.45, 2.75) is 25.9 Å². The first-order chi connectivity index (χ1) is 19.2. The Bertz CT molecular complexity index is 1280.